The Hall–Kier alpha value is -2.67. The van der Waals surface area contributed by atoms with E-state index >= 15 is 0 Å². The van der Waals surface area contributed by atoms with Crippen LogP contribution in [0.4, 0.5) is 11.4 Å². The molecule has 118 valence electrons. The van der Waals surface area contributed by atoms with E-state index in [1.54, 1.807) is 18.2 Å². The zero-order valence-corrected chi connectivity index (χ0v) is 13.2. The topological polar surface area (TPSA) is 91.6 Å². The number of hydrogen-bond donors (Lipinski definition) is 2. The van der Waals surface area contributed by atoms with Crippen LogP contribution >= 0.6 is 0 Å². The fraction of sp³-hybridized carbons (Fsp3) is 0.125. The third kappa shape index (κ3) is 3.40. The number of nitrogens with zero attached hydrogens (tertiary/aromatic N) is 1. The minimum Gasteiger partial charge on any atom is -0.477 e. The molecule has 1 atom stereocenters. The van der Waals surface area contributed by atoms with Crippen LogP contribution < -0.4 is 9.46 Å². The fourth-order valence-electron chi connectivity index (χ4n) is 2.34. The van der Waals surface area contributed by atoms with Gasteiger partial charge in [-0.1, -0.05) is 30.3 Å². The van der Waals surface area contributed by atoms with Crippen LogP contribution in [0, 0.1) is 5.41 Å². The first-order valence-corrected chi connectivity index (χ1v) is 8.78. The highest BCUT2D eigenvalue weighted by molar-refractivity contribution is 7.92. The van der Waals surface area contributed by atoms with Crippen molar-refractivity contribution in [3.63, 3.8) is 0 Å². The highest BCUT2D eigenvalue weighted by atomic mass is 32.2. The summed E-state index contributed by atoms with van der Waals surface area (Å²) in [5.74, 6) is 0.545. The Morgan fingerprint density at radius 2 is 1.96 bits per heavy atom. The van der Waals surface area contributed by atoms with Crippen molar-refractivity contribution in [2.45, 2.75) is 6.10 Å². The number of anilines is 1. The Bertz CT molecular complexity index is 877. The Balaban J connectivity index is 1.99. The molecule has 6 nitrogen and oxygen atoms in total. The highest BCUT2D eigenvalue weighted by Gasteiger charge is 2.25. The van der Waals surface area contributed by atoms with Gasteiger partial charge in [-0.2, -0.15) is 0 Å². The lowest BCUT2D eigenvalue weighted by atomic mass is 10.0. The number of aliphatic imine (C=N–C) groups is 1. The van der Waals surface area contributed by atoms with E-state index in [0.717, 1.165) is 18.0 Å². The molecule has 1 unspecified atom stereocenters. The Morgan fingerprint density at radius 3 is 2.61 bits per heavy atom. The summed E-state index contributed by atoms with van der Waals surface area (Å²) in [6, 6.07) is 14.4. The standard InChI is InChI=1S/C16H15N3O3S/c1-23(20,21)19-12-7-8-15-13(9-12)18-14(10-17)16(22-15)11-5-3-2-4-6-11/h2-10,16-17,19H,1H3. The van der Waals surface area contributed by atoms with E-state index in [-0.39, 0.29) is 0 Å². The van der Waals surface area contributed by atoms with Gasteiger partial charge in [0, 0.05) is 6.21 Å². The average Bonchev–Trinajstić information content (AvgIpc) is 2.53. The average molecular weight is 329 g/mol. The lowest BCUT2D eigenvalue weighted by molar-refractivity contribution is 0.272. The molecule has 0 radical (unpaired) electrons. The van der Waals surface area contributed by atoms with Gasteiger partial charge in [0.1, 0.15) is 17.1 Å². The number of ether oxygens (including phenoxy) is 1. The molecule has 2 N–H and O–H groups in total. The number of sulfonamides is 1. The van der Waals surface area contributed by atoms with Gasteiger partial charge in [0.15, 0.2) is 6.10 Å². The van der Waals surface area contributed by atoms with Crippen LogP contribution in [0.5, 0.6) is 5.75 Å². The van der Waals surface area contributed by atoms with Crippen LogP contribution in [0.3, 0.4) is 0 Å². The molecule has 7 heteroatoms. The highest BCUT2D eigenvalue weighted by Crippen LogP contribution is 2.38. The van der Waals surface area contributed by atoms with Crippen LogP contribution in [-0.4, -0.2) is 26.6 Å². The van der Waals surface area contributed by atoms with Crippen molar-refractivity contribution < 1.29 is 13.2 Å². The Morgan fingerprint density at radius 1 is 1.22 bits per heavy atom. The van der Waals surface area contributed by atoms with Gasteiger partial charge in [-0.15, -0.1) is 0 Å². The van der Waals surface area contributed by atoms with Crippen LogP contribution in [-0.2, 0) is 10.0 Å². The van der Waals surface area contributed by atoms with Gasteiger partial charge in [0.2, 0.25) is 10.0 Å². The lowest BCUT2D eigenvalue weighted by Crippen LogP contribution is -2.22. The largest absolute Gasteiger partial charge is 0.477 e. The molecule has 0 spiro atoms. The van der Waals surface area contributed by atoms with Crippen molar-refractivity contribution in [3.8, 4) is 5.75 Å². The maximum atomic E-state index is 11.3. The molecule has 0 aliphatic carbocycles. The van der Waals surface area contributed by atoms with Gasteiger partial charge in [0.25, 0.3) is 0 Å². The van der Waals surface area contributed by atoms with Gasteiger partial charge in [-0.05, 0) is 23.8 Å². The molecule has 0 fully saturated rings. The van der Waals surface area contributed by atoms with Crippen LogP contribution in [0.15, 0.2) is 53.5 Å². The maximum absolute atomic E-state index is 11.3. The molecule has 0 saturated heterocycles. The summed E-state index contributed by atoms with van der Waals surface area (Å²) < 4.78 is 31.0. The first-order valence-electron chi connectivity index (χ1n) is 6.89. The van der Waals surface area contributed by atoms with E-state index in [1.807, 2.05) is 30.3 Å². The Labute approximate surface area is 134 Å². The molecule has 3 rings (SSSR count). The number of nitrogens with one attached hydrogen (secondary N) is 2. The van der Waals surface area contributed by atoms with E-state index in [2.05, 4.69) is 9.71 Å². The molecule has 0 bridgehead atoms. The summed E-state index contributed by atoms with van der Waals surface area (Å²) in [6.45, 7) is 0. The minimum absolute atomic E-state index is 0.404. The number of fused-ring (bicyclic) bond motifs is 1. The van der Waals surface area contributed by atoms with Crippen molar-refractivity contribution in [3.05, 3.63) is 54.1 Å². The quantitative estimate of drug-likeness (QED) is 0.845. The summed E-state index contributed by atoms with van der Waals surface area (Å²) in [7, 11) is -3.36. The second kappa shape index (κ2) is 5.85. The van der Waals surface area contributed by atoms with Gasteiger partial charge in [0.05, 0.1) is 11.9 Å². The van der Waals surface area contributed by atoms with E-state index in [0.29, 0.717) is 22.8 Å². The first kappa shape index (κ1) is 15.2. The van der Waals surface area contributed by atoms with Crippen molar-refractivity contribution in [2.75, 3.05) is 11.0 Å². The zero-order chi connectivity index (χ0) is 16.4. The maximum Gasteiger partial charge on any atom is 0.229 e. The third-order valence-corrected chi connectivity index (χ3v) is 3.88. The monoisotopic (exact) mass is 329 g/mol. The molecule has 1 aliphatic heterocycles. The summed E-state index contributed by atoms with van der Waals surface area (Å²) in [5, 5.41) is 7.57. The third-order valence-electron chi connectivity index (χ3n) is 3.28. The lowest BCUT2D eigenvalue weighted by Gasteiger charge is -2.25. The van der Waals surface area contributed by atoms with Crippen LogP contribution in [0.2, 0.25) is 0 Å². The fourth-order valence-corrected chi connectivity index (χ4v) is 2.90. The molecule has 1 aliphatic rings. The van der Waals surface area contributed by atoms with E-state index in [1.165, 1.54) is 0 Å². The van der Waals surface area contributed by atoms with Crippen molar-refractivity contribution in [2.24, 2.45) is 4.99 Å². The van der Waals surface area contributed by atoms with Crippen molar-refractivity contribution in [1.29, 1.82) is 5.41 Å². The second-order valence-electron chi connectivity index (χ2n) is 5.15. The summed E-state index contributed by atoms with van der Waals surface area (Å²) in [5.41, 5.74) is 2.25. The van der Waals surface area contributed by atoms with Gasteiger partial charge < -0.3 is 10.1 Å². The second-order valence-corrected chi connectivity index (χ2v) is 6.89. The molecule has 2 aromatic carbocycles. The molecule has 0 amide bonds. The van der Waals surface area contributed by atoms with E-state index in [4.69, 9.17) is 10.1 Å². The summed E-state index contributed by atoms with van der Waals surface area (Å²) in [6.07, 6.45) is 1.78. The molecule has 0 saturated carbocycles. The van der Waals surface area contributed by atoms with E-state index in [9.17, 15) is 8.42 Å². The first-order chi connectivity index (χ1) is 11.0. The molecule has 0 aromatic heterocycles. The molecule has 23 heavy (non-hydrogen) atoms. The number of rotatable bonds is 4. The van der Waals surface area contributed by atoms with Crippen LogP contribution in [0.25, 0.3) is 0 Å². The van der Waals surface area contributed by atoms with Crippen molar-refractivity contribution >= 4 is 33.3 Å². The SMILES string of the molecule is CS(=O)(=O)Nc1ccc2c(c1)N=C(C=N)C(c1ccccc1)O2. The molecule has 2 aromatic rings. The molecular formula is C16H15N3O3S. The van der Waals surface area contributed by atoms with Gasteiger partial charge in [-0.25, -0.2) is 13.4 Å². The minimum atomic E-state index is -3.36. The van der Waals surface area contributed by atoms with Crippen molar-refractivity contribution in [1.82, 2.24) is 0 Å². The predicted octanol–water partition coefficient (Wildman–Crippen LogP) is 2.91. The summed E-state index contributed by atoms with van der Waals surface area (Å²) in [4.78, 5) is 4.43. The smallest absolute Gasteiger partial charge is 0.229 e. The van der Waals surface area contributed by atoms with Crippen LogP contribution in [0.1, 0.15) is 11.7 Å². The normalized spacial score (nSPS) is 16.7. The Kier molecular flexibility index (Phi) is 3.87. The number of benzene rings is 2. The zero-order valence-electron chi connectivity index (χ0n) is 12.4. The molecular weight excluding hydrogens is 314 g/mol. The predicted molar refractivity (Wildman–Crippen MR) is 90.6 cm³/mol. The number of hydrogen-bond acceptors (Lipinski definition) is 5. The summed E-state index contributed by atoms with van der Waals surface area (Å²) >= 11 is 0. The van der Waals surface area contributed by atoms with Gasteiger partial charge in [-0.3, -0.25) is 4.72 Å². The molecule has 1 heterocycles. The van der Waals surface area contributed by atoms with Gasteiger partial charge >= 0.3 is 0 Å². The van der Waals surface area contributed by atoms with E-state index < -0.39 is 16.1 Å².